The number of rotatable bonds is 6. The van der Waals surface area contributed by atoms with Gasteiger partial charge in [-0.2, -0.15) is 0 Å². The molecule has 0 saturated heterocycles. The molecule has 9 heteroatoms. The number of methoxy groups -OCH3 is 1. The average Bonchev–Trinajstić information content (AvgIpc) is 2.99. The Balaban J connectivity index is 1.75. The Morgan fingerprint density at radius 2 is 2.05 bits per heavy atom. The van der Waals surface area contributed by atoms with Crippen molar-refractivity contribution in [3.8, 4) is 5.75 Å². The second-order valence-corrected chi connectivity index (χ2v) is 3.94. The van der Waals surface area contributed by atoms with Gasteiger partial charge in [0.25, 0.3) is 5.91 Å². The van der Waals surface area contributed by atoms with Gasteiger partial charge in [-0.3, -0.25) is 9.59 Å². The summed E-state index contributed by atoms with van der Waals surface area (Å²) >= 11 is 0. The molecular weight excluding hydrogens is 278 g/mol. The fraction of sp³-hybridized carbons (Fsp3) is 0.250. The van der Waals surface area contributed by atoms with Crippen molar-refractivity contribution in [1.29, 1.82) is 0 Å². The third-order valence-electron chi connectivity index (χ3n) is 2.42. The zero-order valence-electron chi connectivity index (χ0n) is 11.2. The van der Waals surface area contributed by atoms with E-state index in [1.54, 1.807) is 31.4 Å². The lowest BCUT2D eigenvalue weighted by Crippen LogP contribution is -2.23. The number of esters is 1. The van der Waals surface area contributed by atoms with Gasteiger partial charge >= 0.3 is 5.97 Å². The number of hydrogen-bond donors (Lipinski definition) is 1. The standard InChI is InChI=1S/C12H13N5O4/c1-20-10-4-2-9(3-5-10)14-11(18)7-21-12(19)6-17-8-13-15-16-17/h2-5,8H,6-7H2,1H3,(H,14,18). The van der Waals surface area contributed by atoms with Crippen molar-refractivity contribution in [2.24, 2.45) is 0 Å². The quantitative estimate of drug-likeness (QED) is 0.738. The molecule has 0 spiro atoms. The molecule has 0 aliphatic heterocycles. The number of hydrogen-bond acceptors (Lipinski definition) is 7. The molecule has 0 bridgehead atoms. The van der Waals surface area contributed by atoms with Crippen LogP contribution in [0.2, 0.25) is 0 Å². The molecule has 1 heterocycles. The molecule has 1 aromatic carbocycles. The predicted octanol–water partition coefficient (Wildman–Crippen LogP) is -0.136. The van der Waals surface area contributed by atoms with E-state index in [-0.39, 0.29) is 13.2 Å². The highest BCUT2D eigenvalue weighted by Crippen LogP contribution is 2.14. The molecule has 0 aliphatic carbocycles. The maximum Gasteiger partial charge on any atom is 0.328 e. The Bertz CT molecular complexity index is 597. The Morgan fingerprint density at radius 1 is 1.29 bits per heavy atom. The Labute approximate surface area is 119 Å². The van der Waals surface area contributed by atoms with Crippen molar-refractivity contribution in [1.82, 2.24) is 20.2 Å². The second kappa shape index (κ2) is 6.98. The van der Waals surface area contributed by atoms with Crippen LogP contribution in [0.15, 0.2) is 30.6 Å². The number of tetrazole rings is 1. The number of ether oxygens (including phenoxy) is 2. The van der Waals surface area contributed by atoms with Crippen LogP contribution in [0.1, 0.15) is 0 Å². The van der Waals surface area contributed by atoms with E-state index in [1.165, 1.54) is 11.0 Å². The van der Waals surface area contributed by atoms with Gasteiger partial charge in [-0.25, -0.2) is 4.68 Å². The molecule has 0 atom stereocenters. The third-order valence-corrected chi connectivity index (χ3v) is 2.42. The van der Waals surface area contributed by atoms with Crippen molar-refractivity contribution >= 4 is 17.6 Å². The molecule has 0 unspecified atom stereocenters. The van der Waals surface area contributed by atoms with Crippen LogP contribution in [0.4, 0.5) is 5.69 Å². The minimum absolute atomic E-state index is 0.150. The fourth-order valence-electron chi connectivity index (χ4n) is 1.45. The molecule has 0 radical (unpaired) electrons. The molecule has 0 aliphatic rings. The Morgan fingerprint density at radius 3 is 2.67 bits per heavy atom. The predicted molar refractivity (Wildman–Crippen MR) is 70.4 cm³/mol. The SMILES string of the molecule is COc1ccc(NC(=O)COC(=O)Cn2cnnn2)cc1. The van der Waals surface area contributed by atoms with Gasteiger partial charge in [0, 0.05) is 5.69 Å². The van der Waals surface area contributed by atoms with Gasteiger partial charge in [-0.05, 0) is 34.7 Å². The molecular formula is C12H13N5O4. The highest BCUT2D eigenvalue weighted by atomic mass is 16.5. The molecule has 0 fully saturated rings. The summed E-state index contributed by atoms with van der Waals surface area (Å²) in [5.74, 6) is -0.363. The van der Waals surface area contributed by atoms with Crippen molar-refractivity contribution in [2.45, 2.75) is 6.54 Å². The summed E-state index contributed by atoms with van der Waals surface area (Å²) in [5.41, 5.74) is 0.581. The average molecular weight is 291 g/mol. The minimum Gasteiger partial charge on any atom is -0.497 e. The molecule has 0 saturated carbocycles. The normalized spacial score (nSPS) is 9.95. The van der Waals surface area contributed by atoms with Crippen molar-refractivity contribution in [3.63, 3.8) is 0 Å². The Hall–Kier alpha value is -2.97. The van der Waals surface area contributed by atoms with Crippen molar-refractivity contribution < 1.29 is 19.1 Å². The first kappa shape index (κ1) is 14.4. The summed E-state index contributed by atoms with van der Waals surface area (Å²) < 4.78 is 11.0. The van der Waals surface area contributed by atoms with Gasteiger partial charge in [0.05, 0.1) is 7.11 Å². The minimum atomic E-state index is -0.604. The molecule has 2 aromatic rings. The van der Waals surface area contributed by atoms with E-state index in [0.717, 1.165) is 0 Å². The van der Waals surface area contributed by atoms with E-state index in [9.17, 15) is 9.59 Å². The highest BCUT2D eigenvalue weighted by Gasteiger charge is 2.09. The lowest BCUT2D eigenvalue weighted by atomic mass is 10.3. The number of aromatic nitrogens is 4. The van der Waals surface area contributed by atoms with Gasteiger partial charge in [0.2, 0.25) is 0 Å². The van der Waals surface area contributed by atoms with Crippen LogP contribution in [0.5, 0.6) is 5.75 Å². The molecule has 9 nitrogen and oxygen atoms in total. The van der Waals surface area contributed by atoms with Crippen LogP contribution in [-0.4, -0.2) is 45.8 Å². The number of nitrogens with one attached hydrogen (secondary N) is 1. The Kier molecular flexibility index (Phi) is 4.80. The van der Waals surface area contributed by atoms with Crippen LogP contribution in [-0.2, 0) is 20.9 Å². The van der Waals surface area contributed by atoms with Crippen LogP contribution in [0.25, 0.3) is 0 Å². The summed E-state index contributed by atoms with van der Waals surface area (Å²) in [6.45, 7) is -0.532. The summed E-state index contributed by atoms with van der Waals surface area (Å²) in [6, 6.07) is 6.78. The lowest BCUT2D eigenvalue weighted by molar-refractivity contribution is -0.148. The summed E-state index contributed by atoms with van der Waals surface area (Å²) in [4.78, 5) is 23.0. The topological polar surface area (TPSA) is 108 Å². The highest BCUT2D eigenvalue weighted by molar-refractivity contribution is 5.92. The number of anilines is 1. The van der Waals surface area contributed by atoms with E-state index >= 15 is 0 Å². The van der Waals surface area contributed by atoms with Gasteiger partial charge < -0.3 is 14.8 Å². The number of carbonyl (C=O) groups is 2. The maximum atomic E-state index is 11.6. The monoisotopic (exact) mass is 291 g/mol. The van der Waals surface area contributed by atoms with E-state index in [4.69, 9.17) is 9.47 Å². The zero-order valence-corrected chi connectivity index (χ0v) is 11.2. The maximum absolute atomic E-state index is 11.6. The van der Waals surface area contributed by atoms with Gasteiger partial charge in [-0.1, -0.05) is 0 Å². The van der Waals surface area contributed by atoms with Crippen molar-refractivity contribution in [3.05, 3.63) is 30.6 Å². The third kappa shape index (κ3) is 4.56. The van der Waals surface area contributed by atoms with Crippen LogP contribution in [0, 0.1) is 0 Å². The van der Waals surface area contributed by atoms with E-state index in [1.807, 2.05) is 0 Å². The second-order valence-electron chi connectivity index (χ2n) is 3.94. The molecule has 110 valence electrons. The summed E-state index contributed by atoms with van der Waals surface area (Å²) in [7, 11) is 1.55. The first-order valence-corrected chi connectivity index (χ1v) is 5.97. The molecule has 2 rings (SSSR count). The molecule has 1 amide bonds. The molecule has 1 N–H and O–H groups in total. The smallest absolute Gasteiger partial charge is 0.328 e. The number of nitrogens with zero attached hydrogens (tertiary/aromatic N) is 4. The summed E-state index contributed by atoms with van der Waals surface area (Å²) in [6.07, 6.45) is 1.28. The lowest BCUT2D eigenvalue weighted by Gasteiger charge is -2.07. The first-order chi connectivity index (χ1) is 10.2. The molecule has 21 heavy (non-hydrogen) atoms. The van der Waals surface area contributed by atoms with Gasteiger partial charge in [0.15, 0.2) is 6.61 Å². The van der Waals surface area contributed by atoms with E-state index in [0.29, 0.717) is 11.4 Å². The largest absolute Gasteiger partial charge is 0.497 e. The van der Waals surface area contributed by atoms with Gasteiger partial charge in [0.1, 0.15) is 18.6 Å². The van der Waals surface area contributed by atoms with Gasteiger partial charge in [-0.15, -0.1) is 5.10 Å². The number of benzene rings is 1. The van der Waals surface area contributed by atoms with Crippen LogP contribution >= 0.6 is 0 Å². The van der Waals surface area contributed by atoms with E-state index < -0.39 is 11.9 Å². The van der Waals surface area contributed by atoms with Crippen molar-refractivity contribution in [2.75, 3.05) is 19.0 Å². The fourth-order valence-corrected chi connectivity index (χ4v) is 1.45. The number of carbonyl (C=O) groups excluding carboxylic acids is 2. The summed E-state index contributed by atoms with van der Waals surface area (Å²) in [5, 5.41) is 12.8. The van der Waals surface area contributed by atoms with E-state index in [2.05, 4.69) is 20.8 Å². The van der Waals surface area contributed by atoms with Crippen LogP contribution < -0.4 is 10.1 Å². The first-order valence-electron chi connectivity index (χ1n) is 5.97. The molecule has 1 aromatic heterocycles. The zero-order chi connectivity index (χ0) is 15.1. The number of amides is 1. The van der Waals surface area contributed by atoms with Crippen LogP contribution in [0.3, 0.4) is 0 Å².